The molecular weight excluding hydrogens is 203 g/mol. The highest BCUT2D eigenvalue weighted by Crippen LogP contribution is 2.17. The Hall–Kier alpha value is -1.09. The van der Waals surface area contributed by atoms with Crippen LogP contribution < -0.4 is 10.2 Å². The zero-order valence-corrected chi connectivity index (χ0v) is 9.75. The molecule has 1 unspecified atom stereocenters. The van der Waals surface area contributed by atoms with Crippen LogP contribution in [0.15, 0.2) is 24.3 Å². The van der Waals surface area contributed by atoms with Gasteiger partial charge in [0.05, 0.1) is 0 Å². The predicted octanol–water partition coefficient (Wildman–Crippen LogP) is 2.40. The molecule has 1 atom stereocenters. The molecule has 0 aromatic heterocycles. The SMILES string of the molecule is CCC1CN(c2ccc(F)cc2)CCCN1. The second-order valence-electron chi connectivity index (χ2n) is 4.34. The number of nitrogens with zero attached hydrogens (tertiary/aromatic N) is 1. The van der Waals surface area contributed by atoms with Gasteiger partial charge in [0.25, 0.3) is 0 Å². The van der Waals surface area contributed by atoms with Gasteiger partial charge < -0.3 is 10.2 Å². The van der Waals surface area contributed by atoms with Gasteiger partial charge in [0.2, 0.25) is 0 Å². The lowest BCUT2D eigenvalue weighted by Crippen LogP contribution is -2.37. The average molecular weight is 222 g/mol. The van der Waals surface area contributed by atoms with Gasteiger partial charge in [-0.2, -0.15) is 0 Å². The molecule has 88 valence electrons. The molecule has 3 heteroatoms. The number of nitrogens with one attached hydrogen (secondary N) is 1. The molecular formula is C13H19FN2. The van der Waals surface area contributed by atoms with Crippen molar-refractivity contribution in [3.05, 3.63) is 30.1 Å². The van der Waals surface area contributed by atoms with Gasteiger partial charge in [0.15, 0.2) is 0 Å². The summed E-state index contributed by atoms with van der Waals surface area (Å²) >= 11 is 0. The fraction of sp³-hybridized carbons (Fsp3) is 0.538. The third-order valence-corrected chi connectivity index (χ3v) is 3.16. The summed E-state index contributed by atoms with van der Waals surface area (Å²) in [5.41, 5.74) is 1.13. The van der Waals surface area contributed by atoms with Gasteiger partial charge in [-0.15, -0.1) is 0 Å². The molecule has 1 aromatic carbocycles. The van der Waals surface area contributed by atoms with Crippen LogP contribution in [0.4, 0.5) is 10.1 Å². The number of benzene rings is 1. The largest absolute Gasteiger partial charge is 0.370 e. The number of hydrogen-bond acceptors (Lipinski definition) is 2. The van der Waals surface area contributed by atoms with Crippen LogP contribution >= 0.6 is 0 Å². The van der Waals surface area contributed by atoms with Crippen molar-refractivity contribution in [1.29, 1.82) is 0 Å². The minimum absolute atomic E-state index is 0.163. The van der Waals surface area contributed by atoms with Crippen molar-refractivity contribution < 1.29 is 4.39 Å². The van der Waals surface area contributed by atoms with Crippen LogP contribution in [-0.4, -0.2) is 25.7 Å². The molecule has 0 saturated carbocycles. The minimum atomic E-state index is -0.163. The van der Waals surface area contributed by atoms with Crippen molar-refractivity contribution in [3.63, 3.8) is 0 Å². The highest BCUT2D eigenvalue weighted by molar-refractivity contribution is 5.46. The number of halogens is 1. The van der Waals surface area contributed by atoms with Gasteiger partial charge in [-0.3, -0.25) is 0 Å². The fourth-order valence-electron chi connectivity index (χ4n) is 2.16. The zero-order valence-electron chi connectivity index (χ0n) is 9.75. The van der Waals surface area contributed by atoms with Gasteiger partial charge in [-0.1, -0.05) is 6.92 Å². The maximum absolute atomic E-state index is 12.8. The zero-order chi connectivity index (χ0) is 11.4. The van der Waals surface area contributed by atoms with E-state index in [0.717, 1.165) is 38.2 Å². The predicted molar refractivity (Wildman–Crippen MR) is 65.3 cm³/mol. The van der Waals surface area contributed by atoms with Crippen molar-refractivity contribution in [1.82, 2.24) is 5.32 Å². The maximum atomic E-state index is 12.8. The Morgan fingerprint density at radius 3 is 2.81 bits per heavy atom. The Kier molecular flexibility index (Phi) is 3.78. The van der Waals surface area contributed by atoms with Gasteiger partial charge in [0, 0.05) is 24.8 Å². The van der Waals surface area contributed by atoms with Crippen molar-refractivity contribution in [2.24, 2.45) is 0 Å². The van der Waals surface area contributed by atoms with E-state index in [0.29, 0.717) is 6.04 Å². The van der Waals surface area contributed by atoms with E-state index in [1.807, 2.05) is 12.1 Å². The Morgan fingerprint density at radius 1 is 1.38 bits per heavy atom. The smallest absolute Gasteiger partial charge is 0.123 e. The highest BCUT2D eigenvalue weighted by Gasteiger charge is 2.16. The standard InChI is InChI=1S/C13H19FN2/c1-2-12-10-16(9-3-8-15-12)13-6-4-11(14)5-7-13/h4-7,12,15H,2-3,8-10H2,1H3. The van der Waals surface area contributed by atoms with E-state index in [1.54, 1.807) is 0 Å². The molecule has 0 bridgehead atoms. The van der Waals surface area contributed by atoms with Crippen LogP contribution in [0.2, 0.25) is 0 Å². The summed E-state index contributed by atoms with van der Waals surface area (Å²) in [5.74, 6) is -0.163. The second kappa shape index (κ2) is 5.30. The van der Waals surface area contributed by atoms with E-state index in [2.05, 4.69) is 17.1 Å². The summed E-state index contributed by atoms with van der Waals surface area (Å²) in [7, 11) is 0. The highest BCUT2D eigenvalue weighted by atomic mass is 19.1. The van der Waals surface area contributed by atoms with Crippen LogP contribution in [0.3, 0.4) is 0 Å². The Bertz CT molecular complexity index is 323. The summed E-state index contributed by atoms with van der Waals surface area (Å²) in [6, 6.07) is 7.36. The Labute approximate surface area is 96.5 Å². The van der Waals surface area contributed by atoms with E-state index < -0.39 is 0 Å². The second-order valence-corrected chi connectivity index (χ2v) is 4.34. The molecule has 1 saturated heterocycles. The first kappa shape index (κ1) is 11.4. The van der Waals surface area contributed by atoms with Gasteiger partial charge in [-0.05, 0) is 43.7 Å². The molecule has 2 nitrogen and oxygen atoms in total. The van der Waals surface area contributed by atoms with Crippen molar-refractivity contribution in [3.8, 4) is 0 Å². The molecule has 0 radical (unpaired) electrons. The third kappa shape index (κ3) is 2.73. The van der Waals surface area contributed by atoms with Crippen molar-refractivity contribution in [2.45, 2.75) is 25.8 Å². The summed E-state index contributed by atoms with van der Waals surface area (Å²) < 4.78 is 12.8. The normalized spacial score (nSPS) is 21.9. The van der Waals surface area contributed by atoms with E-state index >= 15 is 0 Å². The van der Waals surface area contributed by atoms with Crippen molar-refractivity contribution in [2.75, 3.05) is 24.5 Å². The van der Waals surface area contributed by atoms with Crippen LogP contribution in [0.1, 0.15) is 19.8 Å². The van der Waals surface area contributed by atoms with Crippen LogP contribution in [-0.2, 0) is 0 Å². The third-order valence-electron chi connectivity index (χ3n) is 3.16. The van der Waals surface area contributed by atoms with E-state index in [9.17, 15) is 4.39 Å². The number of hydrogen-bond donors (Lipinski definition) is 1. The molecule has 2 rings (SSSR count). The van der Waals surface area contributed by atoms with Crippen LogP contribution in [0.5, 0.6) is 0 Å². The first-order valence-corrected chi connectivity index (χ1v) is 6.03. The van der Waals surface area contributed by atoms with Gasteiger partial charge in [-0.25, -0.2) is 4.39 Å². The topological polar surface area (TPSA) is 15.3 Å². The monoisotopic (exact) mass is 222 g/mol. The summed E-state index contributed by atoms with van der Waals surface area (Å²) in [5, 5.41) is 3.53. The Balaban J connectivity index is 2.09. The lowest BCUT2D eigenvalue weighted by molar-refractivity contribution is 0.528. The molecule has 1 aliphatic heterocycles. The lowest BCUT2D eigenvalue weighted by Gasteiger charge is -2.25. The van der Waals surface area contributed by atoms with E-state index in [-0.39, 0.29) is 5.82 Å². The van der Waals surface area contributed by atoms with Crippen LogP contribution in [0.25, 0.3) is 0 Å². The fourth-order valence-corrected chi connectivity index (χ4v) is 2.16. The summed E-state index contributed by atoms with van der Waals surface area (Å²) in [6.45, 7) is 5.35. The summed E-state index contributed by atoms with van der Waals surface area (Å²) in [6.07, 6.45) is 2.28. The molecule has 1 aliphatic rings. The van der Waals surface area contributed by atoms with E-state index in [4.69, 9.17) is 0 Å². The van der Waals surface area contributed by atoms with Crippen molar-refractivity contribution >= 4 is 5.69 Å². The quantitative estimate of drug-likeness (QED) is 0.826. The molecule has 16 heavy (non-hydrogen) atoms. The molecule has 1 fully saturated rings. The first-order valence-electron chi connectivity index (χ1n) is 6.03. The molecule has 0 amide bonds. The first-order chi connectivity index (χ1) is 7.79. The Morgan fingerprint density at radius 2 is 2.12 bits per heavy atom. The van der Waals surface area contributed by atoms with Crippen LogP contribution in [0, 0.1) is 5.82 Å². The van der Waals surface area contributed by atoms with E-state index in [1.165, 1.54) is 12.1 Å². The lowest BCUT2D eigenvalue weighted by atomic mass is 10.2. The molecule has 1 heterocycles. The number of rotatable bonds is 2. The number of anilines is 1. The maximum Gasteiger partial charge on any atom is 0.123 e. The van der Waals surface area contributed by atoms with Gasteiger partial charge >= 0.3 is 0 Å². The molecule has 1 N–H and O–H groups in total. The molecule has 0 spiro atoms. The average Bonchev–Trinajstić information content (AvgIpc) is 2.55. The summed E-state index contributed by atoms with van der Waals surface area (Å²) in [4.78, 5) is 2.34. The molecule has 0 aliphatic carbocycles. The molecule has 1 aromatic rings. The minimum Gasteiger partial charge on any atom is -0.370 e. The van der Waals surface area contributed by atoms with Gasteiger partial charge in [0.1, 0.15) is 5.82 Å².